The highest BCUT2D eigenvalue weighted by Gasteiger charge is 2.21. The van der Waals surface area contributed by atoms with Gasteiger partial charge in [-0.1, -0.05) is 36.4 Å². The highest BCUT2D eigenvalue weighted by atomic mass is 16.1. The van der Waals surface area contributed by atoms with Crippen LogP contribution in [0.2, 0.25) is 0 Å². The van der Waals surface area contributed by atoms with Crippen LogP contribution in [0.1, 0.15) is 25.0 Å². The zero-order chi connectivity index (χ0) is 12.5. The summed E-state index contributed by atoms with van der Waals surface area (Å²) in [4.78, 5) is 14.4. The molecule has 2 aromatic carbocycles. The van der Waals surface area contributed by atoms with Crippen LogP contribution in [-0.2, 0) is 10.3 Å². The van der Waals surface area contributed by atoms with Gasteiger partial charge < -0.3 is 0 Å². The van der Waals surface area contributed by atoms with E-state index < -0.39 is 5.54 Å². The largest absolute Gasteiger partial charge is 0.235 e. The quantitative estimate of drug-likeness (QED) is 0.565. The second kappa shape index (κ2) is 4.15. The molecule has 0 spiro atoms. The third kappa shape index (κ3) is 2.00. The Balaban J connectivity index is 2.80. The van der Waals surface area contributed by atoms with Gasteiger partial charge in [-0.05, 0) is 42.7 Å². The van der Waals surface area contributed by atoms with Crippen LogP contribution < -0.4 is 0 Å². The lowest BCUT2D eigenvalue weighted by Crippen LogP contribution is -2.14. The molecular weight excluding hydrogens is 210 g/mol. The smallest absolute Gasteiger partial charge is 0.211 e. The predicted molar refractivity (Wildman–Crippen MR) is 69.8 cm³/mol. The first-order valence-corrected chi connectivity index (χ1v) is 5.64. The summed E-state index contributed by atoms with van der Waals surface area (Å²) < 4.78 is 0. The highest BCUT2D eigenvalue weighted by molar-refractivity contribution is 5.89. The monoisotopic (exact) mass is 225 g/mol. The lowest BCUT2D eigenvalue weighted by Gasteiger charge is -2.21. The Morgan fingerprint density at radius 1 is 1.06 bits per heavy atom. The molecule has 2 rings (SSSR count). The molecule has 0 N–H and O–H groups in total. The van der Waals surface area contributed by atoms with Crippen LogP contribution in [0.4, 0.5) is 0 Å². The van der Waals surface area contributed by atoms with Crippen molar-refractivity contribution >= 4 is 16.9 Å². The zero-order valence-electron chi connectivity index (χ0n) is 10.3. The normalized spacial score (nSPS) is 11.2. The molecular formula is C15H15NO. The van der Waals surface area contributed by atoms with Crippen molar-refractivity contribution < 1.29 is 4.79 Å². The number of nitrogens with zero attached hydrogens (tertiary/aromatic N) is 1. The van der Waals surface area contributed by atoms with Gasteiger partial charge in [0.15, 0.2) is 0 Å². The van der Waals surface area contributed by atoms with E-state index in [4.69, 9.17) is 0 Å². The van der Waals surface area contributed by atoms with Crippen molar-refractivity contribution in [2.45, 2.75) is 26.3 Å². The van der Waals surface area contributed by atoms with Crippen LogP contribution in [0, 0.1) is 6.92 Å². The summed E-state index contributed by atoms with van der Waals surface area (Å²) in [6.45, 7) is 5.94. The summed E-state index contributed by atoms with van der Waals surface area (Å²) >= 11 is 0. The highest BCUT2D eigenvalue weighted by Crippen LogP contribution is 2.32. The molecule has 2 heteroatoms. The molecule has 0 saturated heterocycles. The first-order valence-electron chi connectivity index (χ1n) is 5.64. The van der Waals surface area contributed by atoms with Gasteiger partial charge in [0, 0.05) is 0 Å². The SMILES string of the molecule is Cc1ccc(C(C)(C)N=C=O)c2ccccc12. The van der Waals surface area contributed by atoms with E-state index in [2.05, 4.69) is 30.1 Å². The van der Waals surface area contributed by atoms with E-state index in [-0.39, 0.29) is 0 Å². The average molecular weight is 225 g/mol. The summed E-state index contributed by atoms with van der Waals surface area (Å²) in [7, 11) is 0. The number of fused-ring (bicyclic) bond motifs is 1. The van der Waals surface area contributed by atoms with E-state index in [1.165, 1.54) is 10.9 Å². The number of carbonyl (C=O) groups excluding carboxylic acids is 1. The number of aliphatic imine (C=N–C) groups is 1. The van der Waals surface area contributed by atoms with Gasteiger partial charge in [0.1, 0.15) is 0 Å². The third-order valence-electron chi connectivity index (χ3n) is 3.13. The summed E-state index contributed by atoms with van der Waals surface area (Å²) in [6.07, 6.45) is 1.66. The van der Waals surface area contributed by atoms with Crippen molar-refractivity contribution in [1.29, 1.82) is 0 Å². The minimum absolute atomic E-state index is 0.533. The Morgan fingerprint density at radius 3 is 2.35 bits per heavy atom. The second-order valence-electron chi connectivity index (χ2n) is 4.74. The first-order chi connectivity index (χ1) is 8.06. The molecule has 0 heterocycles. The number of hydrogen-bond acceptors (Lipinski definition) is 2. The Morgan fingerprint density at radius 2 is 1.71 bits per heavy atom. The van der Waals surface area contributed by atoms with Gasteiger partial charge in [-0.2, -0.15) is 4.99 Å². The molecule has 0 fully saturated rings. The number of isocyanates is 1. The lowest BCUT2D eigenvalue weighted by molar-refractivity contribution is 0.525. The summed E-state index contributed by atoms with van der Waals surface area (Å²) in [6, 6.07) is 12.3. The molecule has 0 unspecified atom stereocenters. The minimum atomic E-state index is -0.533. The van der Waals surface area contributed by atoms with Crippen LogP contribution in [-0.4, -0.2) is 6.08 Å². The maximum atomic E-state index is 10.5. The molecule has 0 bridgehead atoms. The summed E-state index contributed by atoms with van der Waals surface area (Å²) in [5, 5.41) is 2.36. The maximum Gasteiger partial charge on any atom is 0.235 e. The van der Waals surface area contributed by atoms with Crippen molar-refractivity contribution in [3.05, 3.63) is 47.5 Å². The van der Waals surface area contributed by atoms with Crippen LogP contribution in [0.3, 0.4) is 0 Å². The fourth-order valence-electron chi connectivity index (χ4n) is 2.16. The van der Waals surface area contributed by atoms with Gasteiger partial charge in [0.05, 0.1) is 5.54 Å². The van der Waals surface area contributed by atoms with Gasteiger partial charge >= 0.3 is 0 Å². The molecule has 0 amide bonds. The molecule has 86 valence electrons. The fraction of sp³-hybridized carbons (Fsp3) is 0.267. The van der Waals surface area contributed by atoms with Crippen molar-refractivity contribution in [1.82, 2.24) is 0 Å². The van der Waals surface area contributed by atoms with Gasteiger partial charge in [0.2, 0.25) is 6.08 Å². The van der Waals surface area contributed by atoms with Gasteiger partial charge in [-0.25, -0.2) is 4.79 Å². The number of rotatable bonds is 2. The summed E-state index contributed by atoms with van der Waals surface area (Å²) in [5.41, 5.74) is 1.76. The minimum Gasteiger partial charge on any atom is -0.211 e. The van der Waals surface area contributed by atoms with E-state index in [0.29, 0.717) is 0 Å². The Hall–Kier alpha value is -1.92. The second-order valence-corrected chi connectivity index (χ2v) is 4.74. The van der Waals surface area contributed by atoms with Crippen LogP contribution in [0.15, 0.2) is 41.4 Å². The Labute approximate surface area is 101 Å². The molecule has 0 aliphatic carbocycles. The molecule has 0 radical (unpaired) electrons. The molecule has 2 aromatic rings. The topological polar surface area (TPSA) is 29.4 Å². The molecule has 17 heavy (non-hydrogen) atoms. The van der Waals surface area contributed by atoms with E-state index in [1.54, 1.807) is 6.08 Å². The van der Waals surface area contributed by atoms with Gasteiger partial charge in [0.25, 0.3) is 0 Å². The molecule has 0 aliphatic rings. The predicted octanol–water partition coefficient (Wildman–Crippen LogP) is 3.72. The van der Waals surface area contributed by atoms with Gasteiger partial charge in [-0.15, -0.1) is 0 Å². The summed E-state index contributed by atoms with van der Waals surface area (Å²) in [5.74, 6) is 0. The number of hydrogen-bond donors (Lipinski definition) is 0. The number of benzene rings is 2. The molecule has 0 saturated carbocycles. The van der Waals surface area contributed by atoms with Crippen LogP contribution in [0.5, 0.6) is 0 Å². The maximum absolute atomic E-state index is 10.5. The van der Waals surface area contributed by atoms with Crippen molar-refractivity contribution in [2.24, 2.45) is 4.99 Å². The molecule has 0 aromatic heterocycles. The van der Waals surface area contributed by atoms with Crippen LogP contribution in [0.25, 0.3) is 10.8 Å². The van der Waals surface area contributed by atoms with E-state index in [0.717, 1.165) is 10.9 Å². The first kappa shape index (κ1) is 11.6. The van der Waals surface area contributed by atoms with Gasteiger partial charge in [-0.3, -0.25) is 0 Å². The Bertz CT molecular complexity index is 607. The lowest BCUT2D eigenvalue weighted by atomic mass is 9.88. The number of aryl methyl sites for hydroxylation is 1. The fourth-order valence-corrected chi connectivity index (χ4v) is 2.16. The molecule has 2 nitrogen and oxygen atoms in total. The van der Waals surface area contributed by atoms with Crippen molar-refractivity contribution in [3.8, 4) is 0 Å². The van der Waals surface area contributed by atoms with E-state index >= 15 is 0 Å². The third-order valence-corrected chi connectivity index (χ3v) is 3.13. The standard InChI is InChI=1S/C15H15NO/c1-11-8-9-14(15(2,3)16-10-17)13-7-5-4-6-12(11)13/h4-9H,1-3H3. The van der Waals surface area contributed by atoms with E-state index in [9.17, 15) is 4.79 Å². The Kier molecular flexibility index (Phi) is 2.83. The molecule has 0 aliphatic heterocycles. The van der Waals surface area contributed by atoms with Crippen molar-refractivity contribution in [2.75, 3.05) is 0 Å². The van der Waals surface area contributed by atoms with Crippen LogP contribution >= 0.6 is 0 Å². The zero-order valence-corrected chi connectivity index (χ0v) is 10.3. The van der Waals surface area contributed by atoms with E-state index in [1.807, 2.05) is 32.0 Å². The van der Waals surface area contributed by atoms with Crippen molar-refractivity contribution in [3.63, 3.8) is 0 Å². The average Bonchev–Trinajstić information content (AvgIpc) is 2.29. The molecule has 0 atom stereocenters.